The van der Waals surface area contributed by atoms with Crippen molar-refractivity contribution in [1.82, 2.24) is 9.97 Å². The number of thioether (sulfide) groups is 1. The van der Waals surface area contributed by atoms with Gasteiger partial charge in [-0.1, -0.05) is 33.1 Å². The molecule has 0 amide bonds. The summed E-state index contributed by atoms with van der Waals surface area (Å²) in [6, 6.07) is 0. The molecule has 0 saturated heterocycles. The van der Waals surface area contributed by atoms with Crippen molar-refractivity contribution in [2.75, 3.05) is 11.5 Å². The van der Waals surface area contributed by atoms with Gasteiger partial charge in [0.1, 0.15) is 17.2 Å². The second-order valence-electron chi connectivity index (χ2n) is 3.85. The minimum absolute atomic E-state index is 0.648. The minimum atomic E-state index is 0.648. The second-order valence-corrected chi connectivity index (χ2v) is 4.93. The highest BCUT2D eigenvalue weighted by Crippen LogP contribution is 2.25. The van der Waals surface area contributed by atoms with Crippen molar-refractivity contribution >= 4 is 17.6 Å². The van der Waals surface area contributed by atoms with Gasteiger partial charge in [-0.05, 0) is 18.6 Å². The number of unbranched alkanes of at least 4 members (excludes halogenated alkanes) is 2. The molecule has 16 heavy (non-hydrogen) atoms. The number of nitrogens with zero attached hydrogens (tertiary/aromatic N) is 2. The Bertz CT molecular complexity index is 315. The van der Waals surface area contributed by atoms with Crippen LogP contribution in [0.15, 0.2) is 11.4 Å². The van der Waals surface area contributed by atoms with E-state index in [1.54, 1.807) is 6.33 Å². The number of rotatable bonds is 7. The van der Waals surface area contributed by atoms with Crippen molar-refractivity contribution in [1.29, 1.82) is 0 Å². The van der Waals surface area contributed by atoms with Gasteiger partial charge in [-0.25, -0.2) is 9.97 Å². The summed E-state index contributed by atoms with van der Waals surface area (Å²) >= 11 is 1.81. The van der Waals surface area contributed by atoms with Crippen LogP contribution in [0.1, 0.15) is 45.1 Å². The van der Waals surface area contributed by atoms with Crippen molar-refractivity contribution < 1.29 is 0 Å². The highest BCUT2D eigenvalue weighted by molar-refractivity contribution is 7.99. The summed E-state index contributed by atoms with van der Waals surface area (Å²) in [7, 11) is 0. The Morgan fingerprint density at radius 2 is 2.00 bits per heavy atom. The number of hydrogen-bond donors (Lipinski definition) is 1. The third-order valence-corrected chi connectivity index (χ3v) is 3.54. The summed E-state index contributed by atoms with van der Waals surface area (Å²) in [5.74, 6) is 1.77. The first-order valence-corrected chi connectivity index (χ1v) is 7.00. The van der Waals surface area contributed by atoms with Crippen LogP contribution in [0.2, 0.25) is 0 Å². The zero-order valence-corrected chi connectivity index (χ0v) is 11.0. The normalized spacial score (nSPS) is 10.6. The first kappa shape index (κ1) is 13.3. The maximum absolute atomic E-state index is 5.87. The van der Waals surface area contributed by atoms with Crippen molar-refractivity contribution in [3.8, 4) is 0 Å². The highest BCUT2D eigenvalue weighted by Gasteiger charge is 2.08. The standard InChI is InChI=1S/C12H21N3S/c1-3-5-6-8-16-12-10(7-4-2)11(13)14-9-15-12/h9H,3-8H2,1-2H3,(H2,13,14,15). The number of hydrogen-bond acceptors (Lipinski definition) is 4. The summed E-state index contributed by atoms with van der Waals surface area (Å²) in [4.78, 5) is 8.38. The van der Waals surface area contributed by atoms with Gasteiger partial charge < -0.3 is 5.73 Å². The zero-order chi connectivity index (χ0) is 11.8. The maximum Gasteiger partial charge on any atom is 0.131 e. The van der Waals surface area contributed by atoms with E-state index in [1.807, 2.05) is 11.8 Å². The number of nitrogens with two attached hydrogens (primary N) is 1. The van der Waals surface area contributed by atoms with Gasteiger partial charge in [0, 0.05) is 5.56 Å². The Balaban J connectivity index is 2.59. The van der Waals surface area contributed by atoms with E-state index in [1.165, 1.54) is 19.3 Å². The lowest BCUT2D eigenvalue weighted by atomic mass is 10.2. The smallest absolute Gasteiger partial charge is 0.131 e. The highest BCUT2D eigenvalue weighted by atomic mass is 32.2. The molecule has 0 aliphatic heterocycles. The molecule has 1 heterocycles. The van der Waals surface area contributed by atoms with E-state index in [4.69, 9.17) is 5.73 Å². The molecule has 1 rings (SSSR count). The molecule has 0 aromatic carbocycles. The molecule has 0 radical (unpaired) electrons. The molecule has 3 nitrogen and oxygen atoms in total. The van der Waals surface area contributed by atoms with Crippen LogP contribution in [-0.4, -0.2) is 15.7 Å². The quantitative estimate of drug-likeness (QED) is 0.450. The molecular formula is C12H21N3S. The summed E-state index contributed by atoms with van der Waals surface area (Å²) in [5, 5.41) is 1.07. The van der Waals surface area contributed by atoms with Crippen LogP contribution in [0.4, 0.5) is 5.82 Å². The van der Waals surface area contributed by atoms with Gasteiger partial charge in [-0.3, -0.25) is 0 Å². The van der Waals surface area contributed by atoms with Crippen molar-refractivity contribution in [3.63, 3.8) is 0 Å². The molecule has 0 aliphatic rings. The number of anilines is 1. The predicted octanol–water partition coefficient (Wildman–Crippen LogP) is 3.29. The van der Waals surface area contributed by atoms with Gasteiger partial charge in [0.25, 0.3) is 0 Å². The van der Waals surface area contributed by atoms with Crippen LogP contribution in [0.3, 0.4) is 0 Å². The first-order valence-electron chi connectivity index (χ1n) is 6.01. The van der Waals surface area contributed by atoms with E-state index in [-0.39, 0.29) is 0 Å². The molecule has 0 fully saturated rings. The molecule has 0 saturated carbocycles. The van der Waals surface area contributed by atoms with Crippen LogP contribution in [0.25, 0.3) is 0 Å². The SMILES string of the molecule is CCCCCSc1ncnc(N)c1CCC. The number of nitrogen functional groups attached to an aromatic ring is 1. The fraction of sp³-hybridized carbons (Fsp3) is 0.667. The predicted molar refractivity (Wildman–Crippen MR) is 70.7 cm³/mol. The Kier molecular flexibility index (Phi) is 6.23. The molecule has 1 aromatic rings. The van der Waals surface area contributed by atoms with Gasteiger partial charge in [-0.15, -0.1) is 11.8 Å². The maximum atomic E-state index is 5.87. The topological polar surface area (TPSA) is 51.8 Å². The van der Waals surface area contributed by atoms with E-state index in [9.17, 15) is 0 Å². The van der Waals surface area contributed by atoms with E-state index in [2.05, 4.69) is 23.8 Å². The lowest BCUT2D eigenvalue weighted by molar-refractivity contribution is 0.777. The Labute approximate surface area is 102 Å². The van der Waals surface area contributed by atoms with Gasteiger partial charge >= 0.3 is 0 Å². The van der Waals surface area contributed by atoms with E-state index in [0.29, 0.717) is 5.82 Å². The summed E-state index contributed by atoms with van der Waals surface area (Å²) in [6.45, 7) is 4.37. The van der Waals surface area contributed by atoms with Gasteiger partial charge in [-0.2, -0.15) is 0 Å². The third kappa shape index (κ3) is 4.00. The van der Waals surface area contributed by atoms with Crippen LogP contribution in [-0.2, 0) is 6.42 Å². The van der Waals surface area contributed by atoms with Crippen LogP contribution in [0, 0.1) is 0 Å². The largest absolute Gasteiger partial charge is 0.383 e. The average molecular weight is 239 g/mol. The molecule has 0 aliphatic carbocycles. The lowest BCUT2D eigenvalue weighted by Crippen LogP contribution is -2.02. The fourth-order valence-corrected chi connectivity index (χ4v) is 2.58. The van der Waals surface area contributed by atoms with Crippen molar-refractivity contribution in [3.05, 3.63) is 11.9 Å². The molecular weight excluding hydrogens is 218 g/mol. The monoisotopic (exact) mass is 239 g/mol. The van der Waals surface area contributed by atoms with Crippen molar-refractivity contribution in [2.45, 2.75) is 51.0 Å². The molecule has 0 atom stereocenters. The summed E-state index contributed by atoms with van der Waals surface area (Å²) in [6.07, 6.45) is 7.42. The molecule has 90 valence electrons. The molecule has 0 unspecified atom stereocenters. The van der Waals surface area contributed by atoms with Gasteiger partial charge in [0.2, 0.25) is 0 Å². The van der Waals surface area contributed by atoms with Crippen molar-refractivity contribution in [2.24, 2.45) is 0 Å². The fourth-order valence-electron chi connectivity index (χ4n) is 1.54. The molecule has 0 bridgehead atoms. The first-order chi connectivity index (χ1) is 7.79. The number of aromatic nitrogens is 2. The average Bonchev–Trinajstić information content (AvgIpc) is 2.29. The molecule has 4 heteroatoms. The Morgan fingerprint density at radius 3 is 2.69 bits per heavy atom. The lowest BCUT2D eigenvalue weighted by Gasteiger charge is -2.08. The molecule has 1 aromatic heterocycles. The Hall–Kier alpha value is -0.770. The minimum Gasteiger partial charge on any atom is -0.383 e. The second kappa shape index (κ2) is 7.49. The Morgan fingerprint density at radius 1 is 1.19 bits per heavy atom. The van der Waals surface area contributed by atoms with E-state index >= 15 is 0 Å². The van der Waals surface area contributed by atoms with Crippen LogP contribution >= 0.6 is 11.8 Å². The summed E-state index contributed by atoms with van der Waals surface area (Å²) in [5.41, 5.74) is 7.00. The van der Waals surface area contributed by atoms with Gasteiger partial charge in [0.05, 0.1) is 0 Å². The molecule has 0 spiro atoms. The van der Waals surface area contributed by atoms with E-state index in [0.717, 1.165) is 29.2 Å². The van der Waals surface area contributed by atoms with E-state index < -0.39 is 0 Å². The van der Waals surface area contributed by atoms with Gasteiger partial charge in [0.15, 0.2) is 0 Å². The van der Waals surface area contributed by atoms with Crippen LogP contribution < -0.4 is 5.73 Å². The molecule has 2 N–H and O–H groups in total. The summed E-state index contributed by atoms with van der Waals surface area (Å²) < 4.78 is 0. The zero-order valence-electron chi connectivity index (χ0n) is 10.2. The third-order valence-electron chi connectivity index (χ3n) is 2.43. The van der Waals surface area contributed by atoms with Crippen LogP contribution in [0.5, 0.6) is 0 Å².